The predicted molar refractivity (Wildman–Crippen MR) is 133 cm³/mol. The minimum absolute atomic E-state index is 0.0155. The molecule has 2 aliphatic heterocycles. The Bertz CT molecular complexity index is 1300. The van der Waals surface area contributed by atoms with Crippen LogP contribution in [0.25, 0.3) is 16.5 Å². The van der Waals surface area contributed by atoms with Crippen LogP contribution in [0.4, 0.5) is 0 Å². The molecule has 0 bridgehead atoms. The molecule has 3 aliphatic rings. The molecule has 0 radical (unpaired) electrons. The molecule has 1 aliphatic carbocycles. The normalized spacial score (nSPS) is 23.5. The molecule has 1 amide bonds. The lowest BCUT2D eigenvalue weighted by molar-refractivity contribution is 0.0766. The van der Waals surface area contributed by atoms with E-state index < -0.39 is 6.10 Å². The molecule has 1 unspecified atom stereocenters. The van der Waals surface area contributed by atoms with Crippen molar-refractivity contribution in [3.8, 4) is 0 Å². The molecule has 5 N–H and O–H groups in total. The van der Waals surface area contributed by atoms with Crippen molar-refractivity contribution in [3.05, 3.63) is 77.1 Å². The number of aliphatic hydroxyl groups excluding tert-OH is 1. The molecule has 1 saturated carbocycles. The van der Waals surface area contributed by atoms with Gasteiger partial charge in [-0.25, -0.2) is 0 Å². The molecule has 174 valence electrons. The predicted octanol–water partition coefficient (Wildman–Crippen LogP) is 3.10. The highest BCUT2D eigenvalue weighted by Gasteiger charge is 2.42. The first kappa shape index (κ1) is 21.1. The number of aromatic nitrogens is 1. The molecule has 2 atom stereocenters. The number of nitrogens with one attached hydrogen (secondary N) is 2. The van der Waals surface area contributed by atoms with Gasteiger partial charge in [-0.3, -0.25) is 15.5 Å². The van der Waals surface area contributed by atoms with Crippen LogP contribution in [0, 0.1) is 0 Å². The van der Waals surface area contributed by atoms with Gasteiger partial charge in [0, 0.05) is 48.1 Å². The highest BCUT2D eigenvalue weighted by Crippen LogP contribution is 2.51. The van der Waals surface area contributed by atoms with Crippen LogP contribution in [0.15, 0.2) is 59.9 Å². The second kappa shape index (κ2) is 8.11. The smallest absolute Gasteiger partial charge is 0.256 e. The van der Waals surface area contributed by atoms with Crippen LogP contribution in [0.2, 0.25) is 0 Å². The maximum Gasteiger partial charge on any atom is 0.256 e. The molecule has 1 saturated heterocycles. The lowest BCUT2D eigenvalue weighted by Crippen LogP contribution is -2.35. The average molecular weight is 456 g/mol. The molecule has 34 heavy (non-hydrogen) atoms. The topological polar surface area (TPSA) is 107 Å². The van der Waals surface area contributed by atoms with Crippen molar-refractivity contribution in [1.82, 2.24) is 15.2 Å². The fourth-order valence-corrected chi connectivity index (χ4v) is 5.62. The van der Waals surface area contributed by atoms with Gasteiger partial charge in [0.15, 0.2) is 6.29 Å². The summed E-state index contributed by atoms with van der Waals surface area (Å²) in [6.45, 7) is 1.00. The number of hydrogen-bond acceptors (Lipinski definition) is 5. The number of aliphatic imine (C=N–C) groups is 1. The third-order valence-corrected chi connectivity index (χ3v) is 7.67. The van der Waals surface area contributed by atoms with Crippen LogP contribution in [-0.4, -0.2) is 52.6 Å². The van der Waals surface area contributed by atoms with Crippen LogP contribution in [0.1, 0.15) is 52.7 Å². The lowest BCUT2D eigenvalue weighted by Gasteiger charge is -2.43. The highest BCUT2D eigenvalue weighted by atomic mass is 16.3. The number of hydrogen-bond donors (Lipinski definition) is 4. The van der Waals surface area contributed by atoms with Crippen molar-refractivity contribution in [3.63, 3.8) is 0 Å². The minimum atomic E-state index is -0.424. The SMILES string of the molecule is NC1N=CC(c2ccc(C3(c4c[nH]c5c(C(=O)N6CC[C@@H](O)C6)cccc45)CCC3)cc2)=CN1. The Morgan fingerprint density at radius 1 is 1.18 bits per heavy atom. The number of nitrogens with zero attached hydrogens (tertiary/aromatic N) is 2. The monoisotopic (exact) mass is 455 g/mol. The standard InChI is InChI=1S/C27H29N5O2/c28-26-30-13-18(14-31-26)17-5-7-19(8-6-17)27(10-2-11-27)23-15-29-24-21(23)3-1-4-22(24)25(34)32-12-9-20(33)16-32/h1,3-8,13-15,20,26,29-30,33H,2,9-12,16,28H2/t20-,26?/m1/s1. The number of carbonyl (C=O) groups is 1. The summed E-state index contributed by atoms with van der Waals surface area (Å²) in [6.07, 6.45) is 8.99. The molecular formula is C27H29N5O2. The number of carbonyl (C=O) groups excluding carboxylic acids is 1. The zero-order valence-corrected chi connectivity index (χ0v) is 19.0. The first-order valence-electron chi connectivity index (χ1n) is 12.0. The molecule has 0 spiro atoms. The summed E-state index contributed by atoms with van der Waals surface area (Å²) in [5.41, 5.74) is 11.9. The van der Waals surface area contributed by atoms with E-state index in [-0.39, 0.29) is 17.6 Å². The second-order valence-electron chi connectivity index (χ2n) is 9.63. The number of H-pyrrole nitrogens is 1. The Morgan fingerprint density at radius 2 is 2.00 bits per heavy atom. The Hall–Kier alpha value is -3.42. The van der Waals surface area contributed by atoms with Gasteiger partial charge in [0.2, 0.25) is 0 Å². The van der Waals surface area contributed by atoms with Crippen molar-refractivity contribution in [2.24, 2.45) is 10.7 Å². The van der Waals surface area contributed by atoms with E-state index in [9.17, 15) is 9.90 Å². The van der Waals surface area contributed by atoms with Crippen LogP contribution in [-0.2, 0) is 5.41 Å². The lowest BCUT2D eigenvalue weighted by atomic mass is 9.60. The van der Waals surface area contributed by atoms with Crippen LogP contribution >= 0.6 is 0 Å². The highest BCUT2D eigenvalue weighted by molar-refractivity contribution is 6.10. The molecule has 3 aromatic rings. The van der Waals surface area contributed by atoms with Gasteiger partial charge < -0.3 is 20.3 Å². The van der Waals surface area contributed by atoms with E-state index >= 15 is 0 Å². The number of benzene rings is 2. The fourth-order valence-electron chi connectivity index (χ4n) is 5.62. The van der Waals surface area contributed by atoms with Gasteiger partial charge in [0.25, 0.3) is 5.91 Å². The van der Waals surface area contributed by atoms with E-state index in [1.165, 1.54) is 17.5 Å². The number of aromatic amines is 1. The summed E-state index contributed by atoms with van der Waals surface area (Å²) in [4.78, 5) is 22.6. The van der Waals surface area contributed by atoms with Crippen molar-refractivity contribution >= 4 is 28.6 Å². The maximum atomic E-state index is 13.2. The number of β-amino-alcohol motifs (C(OH)–C–C–N with tert-alkyl or cyclic N) is 1. The van der Waals surface area contributed by atoms with Crippen molar-refractivity contribution in [2.45, 2.75) is 43.5 Å². The van der Waals surface area contributed by atoms with Crippen LogP contribution in [0.5, 0.6) is 0 Å². The molecule has 7 heteroatoms. The maximum absolute atomic E-state index is 13.2. The first-order chi connectivity index (χ1) is 16.5. The summed E-state index contributed by atoms with van der Waals surface area (Å²) in [7, 11) is 0. The van der Waals surface area contributed by atoms with Gasteiger partial charge in [0.05, 0.1) is 17.2 Å². The molecule has 2 fully saturated rings. The summed E-state index contributed by atoms with van der Waals surface area (Å²) in [5, 5.41) is 14.0. The van der Waals surface area contributed by atoms with Gasteiger partial charge in [-0.1, -0.05) is 42.8 Å². The molecule has 2 aromatic carbocycles. The molecule has 6 rings (SSSR count). The zero-order chi connectivity index (χ0) is 23.3. The largest absolute Gasteiger partial charge is 0.391 e. The third kappa shape index (κ3) is 3.35. The zero-order valence-electron chi connectivity index (χ0n) is 19.0. The Balaban J connectivity index is 1.35. The van der Waals surface area contributed by atoms with Gasteiger partial charge in [-0.05, 0) is 42.0 Å². The number of likely N-dealkylation sites (tertiary alicyclic amines) is 1. The van der Waals surface area contributed by atoms with Crippen LogP contribution in [0.3, 0.4) is 0 Å². The van der Waals surface area contributed by atoms with E-state index in [2.05, 4.69) is 51.8 Å². The first-order valence-corrected chi connectivity index (χ1v) is 12.0. The summed E-state index contributed by atoms with van der Waals surface area (Å²) < 4.78 is 0. The van der Waals surface area contributed by atoms with Gasteiger partial charge in [0.1, 0.15) is 0 Å². The second-order valence-corrected chi connectivity index (χ2v) is 9.63. The number of rotatable bonds is 4. The van der Waals surface area contributed by atoms with E-state index in [4.69, 9.17) is 5.73 Å². The van der Waals surface area contributed by atoms with Crippen molar-refractivity contribution in [1.29, 1.82) is 0 Å². The van der Waals surface area contributed by atoms with E-state index in [1.807, 2.05) is 24.5 Å². The number of aliphatic hydroxyl groups is 1. The number of allylic oxidation sites excluding steroid dienone is 1. The number of para-hydroxylation sites is 1. The van der Waals surface area contributed by atoms with E-state index in [1.54, 1.807) is 4.90 Å². The quantitative estimate of drug-likeness (QED) is 0.485. The summed E-state index contributed by atoms with van der Waals surface area (Å²) in [5.74, 6) is -0.0155. The third-order valence-electron chi connectivity index (χ3n) is 7.67. The molecule has 7 nitrogen and oxygen atoms in total. The summed E-state index contributed by atoms with van der Waals surface area (Å²) in [6, 6.07) is 14.7. The minimum Gasteiger partial charge on any atom is -0.391 e. The Labute approximate surface area is 198 Å². The van der Waals surface area contributed by atoms with E-state index in [0.717, 1.165) is 34.9 Å². The van der Waals surface area contributed by atoms with Gasteiger partial charge in [-0.2, -0.15) is 0 Å². The average Bonchev–Trinajstić information content (AvgIpc) is 3.46. The van der Waals surface area contributed by atoms with Crippen LogP contribution < -0.4 is 11.1 Å². The van der Waals surface area contributed by atoms with Gasteiger partial charge >= 0.3 is 0 Å². The Morgan fingerprint density at radius 3 is 2.65 bits per heavy atom. The number of amides is 1. The van der Waals surface area contributed by atoms with E-state index in [0.29, 0.717) is 25.1 Å². The summed E-state index contributed by atoms with van der Waals surface area (Å²) >= 11 is 0. The van der Waals surface area contributed by atoms with Crippen molar-refractivity contribution < 1.29 is 9.90 Å². The fraction of sp³-hybridized carbons (Fsp3) is 0.333. The Kier molecular flexibility index (Phi) is 5.04. The van der Waals surface area contributed by atoms with Gasteiger partial charge in [-0.15, -0.1) is 0 Å². The molecule has 3 heterocycles. The molecule has 1 aromatic heterocycles. The number of fused-ring (bicyclic) bond motifs is 1. The number of nitrogens with two attached hydrogens (primary N) is 1. The molecular weight excluding hydrogens is 426 g/mol. The van der Waals surface area contributed by atoms with Crippen molar-refractivity contribution in [2.75, 3.05) is 13.1 Å².